The fourth-order valence-corrected chi connectivity index (χ4v) is 3.31. The molecule has 0 aliphatic heterocycles. The minimum Gasteiger partial charge on any atom is -0.487 e. The van der Waals surface area contributed by atoms with Crippen LogP contribution in [-0.2, 0) is 13.0 Å². The van der Waals surface area contributed by atoms with E-state index in [0.29, 0.717) is 18.9 Å². The van der Waals surface area contributed by atoms with Crippen molar-refractivity contribution in [1.29, 1.82) is 0 Å². The van der Waals surface area contributed by atoms with Crippen molar-refractivity contribution in [2.45, 2.75) is 13.0 Å². The van der Waals surface area contributed by atoms with Crippen LogP contribution in [0.25, 0.3) is 23.1 Å². The lowest BCUT2D eigenvalue weighted by Crippen LogP contribution is -2.17. The van der Waals surface area contributed by atoms with Gasteiger partial charge in [0.1, 0.15) is 18.2 Å². The minimum absolute atomic E-state index is 0.406. The number of pyridine rings is 1. The van der Waals surface area contributed by atoms with E-state index in [0.717, 1.165) is 39.0 Å². The van der Waals surface area contributed by atoms with Gasteiger partial charge in [-0.25, -0.2) is 4.98 Å². The largest absolute Gasteiger partial charge is 0.487 e. The highest BCUT2D eigenvalue weighted by Gasteiger charge is 2.02. The fraction of sp³-hybridized carbons (Fsp3) is 0.0769. The van der Waals surface area contributed by atoms with Crippen LogP contribution in [0.15, 0.2) is 90.0 Å². The summed E-state index contributed by atoms with van der Waals surface area (Å²) in [7, 11) is 0. The summed E-state index contributed by atoms with van der Waals surface area (Å²) in [6, 6.07) is 28.2. The summed E-state index contributed by atoms with van der Waals surface area (Å²) >= 11 is 0. The first kappa shape index (κ1) is 20.2. The van der Waals surface area contributed by atoms with Crippen molar-refractivity contribution in [3.63, 3.8) is 0 Å². The molecule has 0 amide bonds. The van der Waals surface area contributed by atoms with Gasteiger partial charge in [-0.2, -0.15) is 5.10 Å². The summed E-state index contributed by atoms with van der Waals surface area (Å²) in [5.74, 6) is 6.48. The number of aromatic nitrogens is 1. The standard InChI is InChI=1S/C26H24N4O/c27-26(30-28)17-22-7-2-1-5-20(22)12-9-19-10-15-24(16-11-19)31-18-23-14-13-21-6-3-4-8-25(21)29-23/h1-16H,17-18,28H2,(H2,27,30)/b12-9+. The Balaban J connectivity index is 1.40. The maximum absolute atomic E-state index is 5.91. The fourth-order valence-electron chi connectivity index (χ4n) is 3.31. The Morgan fingerprint density at radius 2 is 1.65 bits per heavy atom. The number of hydrogen-bond donors (Lipinski definition) is 2. The van der Waals surface area contributed by atoms with Gasteiger partial charge in [0.2, 0.25) is 0 Å². The van der Waals surface area contributed by atoms with Crippen LogP contribution in [0.2, 0.25) is 0 Å². The molecule has 154 valence electrons. The molecule has 0 fully saturated rings. The first-order valence-corrected chi connectivity index (χ1v) is 10.1. The van der Waals surface area contributed by atoms with Gasteiger partial charge in [0.15, 0.2) is 0 Å². The lowest BCUT2D eigenvalue weighted by Gasteiger charge is -2.07. The van der Waals surface area contributed by atoms with Crippen LogP contribution in [0.1, 0.15) is 22.4 Å². The van der Waals surface area contributed by atoms with Gasteiger partial charge in [0.25, 0.3) is 0 Å². The maximum Gasteiger partial charge on any atom is 0.130 e. The highest BCUT2D eigenvalue weighted by molar-refractivity contribution is 5.84. The van der Waals surface area contributed by atoms with Crippen molar-refractivity contribution in [2.75, 3.05) is 0 Å². The average Bonchev–Trinajstić information content (AvgIpc) is 2.82. The smallest absolute Gasteiger partial charge is 0.130 e. The number of ether oxygens (including phenoxy) is 1. The van der Waals surface area contributed by atoms with Crippen molar-refractivity contribution in [2.24, 2.45) is 16.7 Å². The first-order chi connectivity index (χ1) is 15.2. The third kappa shape index (κ3) is 5.28. The van der Waals surface area contributed by atoms with E-state index in [2.05, 4.69) is 34.4 Å². The number of nitrogens with two attached hydrogens (primary N) is 2. The molecule has 4 aromatic rings. The summed E-state index contributed by atoms with van der Waals surface area (Å²) in [6.45, 7) is 0.428. The predicted octanol–water partition coefficient (Wildman–Crippen LogP) is 4.76. The normalized spacial score (nSPS) is 11.8. The molecule has 0 spiro atoms. The Labute approximate surface area is 181 Å². The third-order valence-corrected chi connectivity index (χ3v) is 4.97. The van der Waals surface area contributed by atoms with Gasteiger partial charge >= 0.3 is 0 Å². The van der Waals surface area contributed by atoms with E-state index in [1.54, 1.807) is 0 Å². The van der Waals surface area contributed by atoms with Gasteiger partial charge in [-0.1, -0.05) is 72.8 Å². The second kappa shape index (κ2) is 9.59. The molecular formula is C26H24N4O. The van der Waals surface area contributed by atoms with E-state index < -0.39 is 0 Å². The van der Waals surface area contributed by atoms with Crippen molar-refractivity contribution in [3.8, 4) is 5.75 Å². The predicted molar refractivity (Wildman–Crippen MR) is 127 cm³/mol. The Morgan fingerprint density at radius 1 is 0.871 bits per heavy atom. The van der Waals surface area contributed by atoms with E-state index in [9.17, 15) is 0 Å². The van der Waals surface area contributed by atoms with Gasteiger partial charge in [-0.05, 0) is 41.0 Å². The van der Waals surface area contributed by atoms with Gasteiger partial charge in [-0.3, -0.25) is 0 Å². The Morgan fingerprint density at radius 3 is 2.48 bits per heavy atom. The molecule has 0 bridgehead atoms. The van der Waals surface area contributed by atoms with E-state index in [1.165, 1.54) is 0 Å². The molecule has 0 unspecified atom stereocenters. The molecule has 0 saturated heterocycles. The van der Waals surface area contributed by atoms with E-state index >= 15 is 0 Å². The van der Waals surface area contributed by atoms with Gasteiger partial charge in [0, 0.05) is 11.8 Å². The van der Waals surface area contributed by atoms with E-state index in [1.807, 2.05) is 72.8 Å². The molecule has 31 heavy (non-hydrogen) atoms. The number of fused-ring (bicyclic) bond motifs is 1. The molecule has 5 nitrogen and oxygen atoms in total. The SMILES string of the molecule is N/N=C(\N)Cc1ccccc1/C=C/c1ccc(OCc2ccc3ccccc3n2)cc1. The number of rotatable bonds is 7. The van der Waals surface area contributed by atoms with Crippen LogP contribution in [-0.4, -0.2) is 10.8 Å². The number of nitrogens with zero attached hydrogens (tertiary/aromatic N) is 2. The highest BCUT2D eigenvalue weighted by atomic mass is 16.5. The number of amidine groups is 1. The van der Waals surface area contributed by atoms with Crippen LogP contribution >= 0.6 is 0 Å². The summed E-state index contributed by atoms with van der Waals surface area (Å²) in [6.07, 6.45) is 4.64. The van der Waals surface area contributed by atoms with Crippen molar-refractivity contribution >= 4 is 28.9 Å². The van der Waals surface area contributed by atoms with Crippen LogP contribution in [0.4, 0.5) is 0 Å². The highest BCUT2D eigenvalue weighted by Crippen LogP contribution is 2.18. The van der Waals surface area contributed by atoms with Crippen LogP contribution < -0.4 is 16.3 Å². The van der Waals surface area contributed by atoms with E-state index in [-0.39, 0.29) is 0 Å². The molecule has 0 atom stereocenters. The molecule has 0 saturated carbocycles. The maximum atomic E-state index is 5.91. The van der Waals surface area contributed by atoms with Crippen LogP contribution in [0, 0.1) is 0 Å². The summed E-state index contributed by atoms with van der Waals surface area (Å²) in [5.41, 5.74) is 10.9. The molecule has 1 aromatic heterocycles. The van der Waals surface area contributed by atoms with E-state index in [4.69, 9.17) is 16.3 Å². The molecule has 0 aliphatic rings. The summed E-state index contributed by atoms with van der Waals surface area (Å²) in [5, 5.41) is 4.69. The zero-order valence-electron chi connectivity index (χ0n) is 17.1. The molecular weight excluding hydrogens is 384 g/mol. The zero-order chi connectivity index (χ0) is 21.5. The lowest BCUT2D eigenvalue weighted by atomic mass is 10.0. The van der Waals surface area contributed by atoms with Crippen molar-refractivity contribution in [1.82, 2.24) is 4.98 Å². The van der Waals surface area contributed by atoms with Gasteiger partial charge in [-0.15, -0.1) is 0 Å². The Hall–Kier alpha value is -4.12. The number of benzene rings is 3. The third-order valence-electron chi connectivity index (χ3n) is 4.97. The second-order valence-corrected chi connectivity index (χ2v) is 7.18. The number of hydrazone groups is 1. The molecule has 1 heterocycles. The molecule has 0 radical (unpaired) electrons. The monoisotopic (exact) mass is 408 g/mol. The molecule has 3 aromatic carbocycles. The quantitative estimate of drug-likeness (QED) is 0.152. The average molecular weight is 409 g/mol. The summed E-state index contributed by atoms with van der Waals surface area (Å²) < 4.78 is 5.91. The Bertz CT molecular complexity index is 1230. The van der Waals surface area contributed by atoms with Crippen LogP contribution in [0.3, 0.4) is 0 Å². The molecule has 4 rings (SSSR count). The zero-order valence-corrected chi connectivity index (χ0v) is 17.1. The molecule has 4 N–H and O–H groups in total. The molecule has 5 heteroatoms. The van der Waals surface area contributed by atoms with Crippen molar-refractivity contribution in [3.05, 3.63) is 107 Å². The topological polar surface area (TPSA) is 86.5 Å². The number of para-hydroxylation sites is 1. The van der Waals surface area contributed by atoms with Crippen molar-refractivity contribution < 1.29 is 4.74 Å². The Kier molecular flexibility index (Phi) is 6.24. The summed E-state index contributed by atoms with van der Waals surface area (Å²) in [4.78, 5) is 4.64. The lowest BCUT2D eigenvalue weighted by molar-refractivity contribution is 0.302. The number of hydrogen-bond acceptors (Lipinski definition) is 4. The van der Waals surface area contributed by atoms with Crippen LogP contribution in [0.5, 0.6) is 5.75 Å². The first-order valence-electron chi connectivity index (χ1n) is 10.1. The van der Waals surface area contributed by atoms with Gasteiger partial charge in [0.05, 0.1) is 11.2 Å². The van der Waals surface area contributed by atoms with Gasteiger partial charge < -0.3 is 16.3 Å². The molecule has 0 aliphatic carbocycles. The minimum atomic E-state index is 0.406. The second-order valence-electron chi connectivity index (χ2n) is 7.18.